The SMILES string of the molecule is CC.O=C1OC2(c3ccc(Br)cc3Oc3cc(Br)ccc32)c2ccccc21. The standard InChI is InChI=1S/C20H10Br2O3.C2H6/c21-11-5-7-15-17(9-11)24-18-10-12(22)6-8-16(18)20(15)14-4-2-1-3-13(14)19(23)25-20;1-2/h1-10H;1-2H3. The van der Waals surface area contributed by atoms with Crippen LogP contribution in [0.3, 0.4) is 0 Å². The van der Waals surface area contributed by atoms with E-state index in [2.05, 4.69) is 31.9 Å². The fraction of sp³-hybridized carbons (Fsp3) is 0.136. The van der Waals surface area contributed by atoms with Gasteiger partial charge in [0, 0.05) is 25.6 Å². The molecule has 0 atom stereocenters. The van der Waals surface area contributed by atoms with E-state index >= 15 is 0 Å². The maximum absolute atomic E-state index is 12.6. The van der Waals surface area contributed by atoms with Gasteiger partial charge in [-0.05, 0) is 42.5 Å². The highest BCUT2D eigenvalue weighted by Gasteiger charge is 2.53. The molecule has 3 aromatic rings. The van der Waals surface area contributed by atoms with Gasteiger partial charge in [0.05, 0.1) is 5.56 Å². The minimum Gasteiger partial charge on any atom is -0.456 e. The Hall–Kier alpha value is -2.11. The molecule has 0 N–H and O–H groups in total. The van der Waals surface area contributed by atoms with E-state index in [-0.39, 0.29) is 5.97 Å². The smallest absolute Gasteiger partial charge is 0.340 e. The fourth-order valence-corrected chi connectivity index (χ4v) is 4.30. The molecule has 0 amide bonds. The minimum absolute atomic E-state index is 0.319. The molecule has 5 heteroatoms. The predicted octanol–water partition coefficient (Wildman–Crippen LogP) is 6.81. The fourth-order valence-electron chi connectivity index (χ4n) is 3.62. The van der Waals surface area contributed by atoms with Crippen molar-refractivity contribution in [3.8, 4) is 11.5 Å². The summed E-state index contributed by atoms with van der Waals surface area (Å²) in [6, 6.07) is 19.1. The summed E-state index contributed by atoms with van der Waals surface area (Å²) >= 11 is 6.98. The molecular weight excluding hydrogens is 472 g/mol. The Balaban J connectivity index is 0.000000872. The zero-order chi connectivity index (χ0) is 19.2. The first kappa shape index (κ1) is 18.3. The van der Waals surface area contributed by atoms with Crippen molar-refractivity contribution in [3.05, 3.63) is 91.9 Å². The van der Waals surface area contributed by atoms with E-state index in [1.807, 2.05) is 68.4 Å². The van der Waals surface area contributed by atoms with Gasteiger partial charge in [-0.1, -0.05) is 63.9 Å². The Morgan fingerprint density at radius 1 is 0.778 bits per heavy atom. The molecule has 27 heavy (non-hydrogen) atoms. The van der Waals surface area contributed by atoms with Crippen LogP contribution in [0.15, 0.2) is 69.6 Å². The highest BCUT2D eigenvalue weighted by molar-refractivity contribution is 9.10. The molecule has 0 unspecified atom stereocenters. The first-order chi connectivity index (χ1) is 13.1. The van der Waals surface area contributed by atoms with Crippen LogP contribution < -0.4 is 4.74 Å². The topological polar surface area (TPSA) is 35.5 Å². The number of benzene rings is 3. The van der Waals surface area contributed by atoms with E-state index < -0.39 is 5.60 Å². The molecule has 0 saturated carbocycles. The zero-order valence-corrected chi connectivity index (χ0v) is 17.9. The van der Waals surface area contributed by atoms with Crippen LogP contribution in [-0.4, -0.2) is 5.97 Å². The lowest BCUT2D eigenvalue weighted by Crippen LogP contribution is -2.32. The largest absolute Gasteiger partial charge is 0.456 e. The number of hydrogen-bond acceptors (Lipinski definition) is 3. The highest BCUT2D eigenvalue weighted by Crippen LogP contribution is 2.56. The number of halogens is 2. The quantitative estimate of drug-likeness (QED) is 0.327. The summed E-state index contributed by atoms with van der Waals surface area (Å²) in [6.45, 7) is 4.00. The number of carbonyl (C=O) groups excluding carboxylic acids is 1. The summed E-state index contributed by atoms with van der Waals surface area (Å²) in [5.74, 6) is 1.02. The summed E-state index contributed by atoms with van der Waals surface area (Å²) in [7, 11) is 0. The number of ether oxygens (including phenoxy) is 2. The summed E-state index contributed by atoms with van der Waals surface area (Å²) in [6.07, 6.45) is 0. The van der Waals surface area contributed by atoms with E-state index in [0.717, 1.165) is 25.6 Å². The monoisotopic (exact) mass is 486 g/mol. The first-order valence-corrected chi connectivity index (χ1v) is 10.3. The number of esters is 1. The van der Waals surface area contributed by atoms with Crippen LogP contribution in [0.2, 0.25) is 0 Å². The van der Waals surface area contributed by atoms with Crippen LogP contribution in [0, 0.1) is 0 Å². The molecule has 0 radical (unpaired) electrons. The molecule has 5 rings (SSSR count). The van der Waals surface area contributed by atoms with Crippen molar-refractivity contribution in [1.82, 2.24) is 0 Å². The molecule has 2 aliphatic heterocycles. The molecule has 136 valence electrons. The van der Waals surface area contributed by atoms with Gasteiger partial charge in [-0.2, -0.15) is 0 Å². The van der Waals surface area contributed by atoms with E-state index in [9.17, 15) is 4.79 Å². The number of fused-ring (bicyclic) bond motifs is 6. The first-order valence-electron chi connectivity index (χ1n) is 8.70. The summed E-state index contributed by atoms with van der Waals surface area (Å²) in [4.78, 5) is 12.6. The van der Waals surface area contributed by atoms with E-state index in [1.165, 1.54) is 0 Å². The van der Waals surface area contributed by atoms with Crippen molar-refractivity contribution in [3.63, 3.8) is 0 Å². The van der Waals surface area contributed by atoms with Crippen LogP contribution in [0.5, 0.6) is 11.5 Å². The lowest BCUT2D eigenvalue weighted by atomic mass is 9.78. The molecule has 2 heterocycles. The molecule has 0 saturated heterocycles. The van der Waals surface area contributed by atoms with E-state index in [4.69, 9.17) is 9.47 Å². The van der Waals surface area contributed by atoms with Crippen LogP contribution in [-0.2, 0) is 10.3 Å². The van der Waals surface area contributed by atoms with Crippen molar-refractivity contribution in [2.45, 2.75) is 19.4 Å². The Morgan fingerprint density at radius 2 is 1.33 bits per heavy atom. The van der Waals surface area contributed by atoms with Gasteiger partial charge in [-0.3, -0.25) is 0 Å². The molecule has 0 fully saturated rings. The van der Waals surface area contributed by atoms with E-state index in [1.54, 1.807) is 6.07 Å². The van der Waals surface area contributed by atoms with Crippen molar-refractivity contribution in [2.24, 2.45) is 0 Å². The predicted molar refractivity (Wildman–Crippen MR) is 111 cm³/mol. The number of carbonyl (C=O) groups is 1. The minimum atomic E-state index is -0.988. The van der Waals surface area contributed by atoms with Gasteiger partial charge in [0.1, 0.15) is 11.5 Å². The molecule has 0 aromatic heterocycles. The summed E-state index contributed by atoms with van der Waals surface area (Å²) in [5, 5.41) is 0. The second-order valence-corrected chi connectivity index (χ2v) is 7.83. The maximum Gasteiger partial charge on any atom is 0.340 e. The van der Waals surface area contributed by atoms with Crippen molar-refractivity contribution >= 4 is 37.8 Å². The van der Waals surface area contributed by atoms with Gasteiger partial charge in [-0.25, -0.2) is 4.79 Å². The van der Waals surface area contributed by atoms with Gasteiger partial charge >= 0.3 is 5.97 Å². The van der Waals surface area contributed by atoms with Gasteiger partial charge in [0.2, 0.25) is 0 Å². The Labute approximate surface area is 174 Å². The number of hydrogen-bond donors (Lipinski definition) is 0. The second kappa shape index (κ2) is 6.80. The van der Waals surface area contributed by atoms with Gasteiger partial charge in [0.15, 0.2) is 5.60 Å². The molecule has 3 nitrogen and oxygen atoms in total. The van der Waals surface area contributed by atoms with Crippen molar-refractivity contribution in [1.29, 1.82) is 0 Å². The molecule has 1 spiro atoms. The third-order valence-corrected chi connectivity index (χ3v) is 5.62. The van der Waals surface area contributed by atoms with Gasteiger partial charge in [0.25, 0.3) is 0 Å². The van der Waals surface area contributed by atoms with E-state index in [0.29, 0.717) is 17.1 Å². The average Bonchev–Trinajstić information content (AvgIpc) is 2.97. The molecule has 3 aromatic carbocycles. The Morgan fingerprint density at radius 3 is 1.93 bits per heavy atom. The summed E-state index contributed by atoms with van der Waals surface area (Å²) in [5.41, 5.74) is 2.09. The molecular formula is C22H16Br2O3. The van der Waals surface area contributed by atoms with Crippen LogP contribution in [0.1, 0.15) is 40.9 Å². The van der Waals surface area contributed by atoms with Gasteiger partial charge in [-0.15, -0.1) is 0 Å². The van der Waals surface area contributed by atoms with Crippen molar-refractivity contribution < 1.29 is 14.3 Å². The molecule has 0 bridgehead atoms. The van der Waals surface area contributed by atoms with Crippen molar-refractivity contribution in [2.75, 3.05) is 0 Å². The average molecular weight is 488 g/mol. The molecule has 2 aliphatic rings. The van der Waals surface area contributed by atoms with Crippen LogP contribution >= 0.6 is 31.9 Å². The molecule has 0 aliphatic carbocycles. The van der Waals surface area contributed by atoms with Crippen LogP contribution in [0.4, 0.5) is 0 Å². The Bertz CT molecular complexity index is 1010. The normalized spacial score (nSPS) is 14.9. The zero-order valence-electron chi connectivity index (χ0n) is 14.8. The Kier molecular flexibility index (Phi) is 4.60. The third-order valence-electron chi connectivity index (χ3n) is 4.64. The number of rotatable bonds is 0. The summed E-state index contributed by atoms with van der Waals surface area (Å²) < 4.78 is 14.0. The second-order valence-electron chi connectivity index (χ2n) is 6.00. The highest BCUT2D eigenvalue weighted by atomic mass is 79.9. The lowest BCUT2D eigenvalue weighted by Gasteiger charge is -2.36. The van der Waals surface area contributed by atoms with Gasteiger partial charge < -0.3 is 9.47 Å². The maximum atomic E-state index is 12.6. The third kappa shape index (κ3) is 2.64. The lowest BCUT2D eigenvalue weighted by molar-refractivity contribution is 0.0224. The van der Waals surface area contributed by atoms with Crippen LogP contribution in [0.25, 0.3) is 0 Å².